The van der Waals surface area contributed by atoms with Gasteiger partial charge in [-0.15, -0.1) is 11.3 Å². The van der Waals surface area contributed by atoms with Crippen LogP contribution in [0.15, 0.2) is 34.5 Å². The summed E-state index contributed by atoms with van der Waals surface area (Å²) in [6, 6.07) is 7.39. The van der Waals surface area contributed by atoms with E-state index in [0.29, 0.717) is 11.3 Å². The summed E-state index contributed by atoms with van der Waals surface area (Å²) in [6.45, 7) is 1.88. The first-order valence-electron chi connectivity index (χ1n) is 4.84. The Morgan fingerprint density at radius 2 is 2.07 bits per heavy atom. The zero-order valence-electron chi connectivity index (χ0n) is 8.43. The van der Waals surface area contributed by atoms with Gasteiger partial charge in [0.05, 0.1) is 15.3 Å². The summed E-state index contributed by atoms with van der Waals surface area (Å²) in [7, 11) is -3.10. The van der Waals surface area contributed by atoms with E-state index >= 15 is 0 Å². The molecule has 0 amide bonds. The van der Waals surface area contributed by atoms with E-state index < -0.39 is 9.84 Å². The Balaban J connectivity index is 2.66. The van der Waals surface area contributed by atoms with E-state index in [9.17, 15) is 8.42 Å². The SMILES string of the molecule is CCCS(=O)(=O)c1cccc2ccsc12. The Labute approximate surface area is 93.5 Å². The lowest BCUT2D eigenvalue weighted by molar-refractivity contribution is 0.595. The molecule has 0 saturated heterocycles. The van der Waals surface area contributed by atoms with Crippen LogP contribution in [0.4, 0.5) is 0 Å². The third-order valence-electron chi connectivity index (χ3n) is 2.25. The van der Waals surface area contributed by atoms with Gasteiger partial charge < -0.3 is 0 Å². The maximum absolute atomic E-state index is 12.0. The van der Waals surface area contributed by atoms with E-state index in [1.54, 1.807) is 12.1 Å². The van der Waals surface area contributed by atoms with Gasteiger partial charge in [0.25, 0.3) is 0 Å². The highest BCUT2D eigenvalue weighted by Gasteiger charge is 2.16. The number of benzene rings is 1. The molecule has 0 saturated carbocycles. The molecule has 0 N–H and O–H groups in total. The lowest BCUT2D eigenvalue weighted by atomic mass is 10.3. The number of hydrogen-bond acceptors (Lipinski definition) is 3. The van der Waals surface area contributed by atoms with E-state index in [2.05, 4.69) is 0 Å². The van der Waals surface area contributed by atoms with E-state index in [1.165, 1.54) is 11.3 Å². The minimum Gasteiger partial charge on any atom is -0.224 e. The summed E-state index contributed by atoms with van der Waals surface area (Å²) in [5.74, 6) is 0.226. The van der Waals surface area contributed by atoms with Crippen molar-refractivity contribution in [1.29, 1.82) is 0 Å². The summed E-state index contributed by atoms with van der Waals surface area (Å²) >= 11 is 1.49. The molecule has 1 aromatic carbocycles. The molecule has 15 heavy (non-hydrogen) atoms. The van der Waals surface area contributed by atoms with E-state index in [0.717, 1.165) is 10.1 Å². The topological polar surface area (TPSA) is 34.1 Å². The monoisotopic (exact) mass is 240 g/mol. The van der Waals surface area contributed by atoms with Crippen LogP contribution in [0.1, 0.15) is 13.3 Å². The molecule has 0 unspecified atom stereocenters. The molecule has 2 nitrogen and oxygen atoms in total. The Morgan fingerprint density at radius 3 is 2.80 bits per heavy atom. The van der Waals surface area contributed by atoms with Gasteiger partial charge >= 0.3 is 0 Å². The Morgan fingerprint density at radius 1 is 1.27 bits per heavy atom. The van der Waals surface area contributed by atoms with Crippen molar-refractivity contribution in [3.05, 3.63) is 29.6 Å². The standard InChI is InChI=1S/C11H12O2S2/c1-2-8-15(12,13)10-5-3-4-9-6-7-14-11(9)10/h3-7H,2,8H2,1H3. The van der Waals surface area contributed by atoms with Crippen molar-refractivity contribution < 1.29 is 8.42 Å². The third kappa shape index (κ3) is 1.92. The van der Waals surface area contributed by atoms with Crippen molar-refractivity contribution in [3.8, 4) is 0 Å². The third-order valence-corrected chi connectivity index (χ3v) is 5.30. The number of rotatable bonds is 3. The summed E-state index contributed by atoms with van der Waals surface area (Å²) in [6.07, 6.45) is 0.657. The molecule has 4 heteroatoms. The average molecular weight is 240 g/mol. The van der Waals surface area contributed by atoms with Crippen LogP contribution in [0.5, 0.6) is 0 Å². The van der Waals surface area contributed by atoms with Crippen LogP contribution in [0.2, 0.25) is 0 Å². The predicted octanol–water partition coefficient (Wildman–Crippen LogP) is 3.09. The van der Waals surface area contributed by atoms with Crippen molar-refractivity contribution in [2.24, 2.45) is 0 Å². The normalized spacial score (nSPS) is 12.1. The largest absolute Gasteiger partial charge is 0.224 e. The molecule has 1 aromatic heterocycles. The molecule has 0 aliphatic heterocycles. The smallest absolute Gasteiger partial charge is 0.179 e. The summed E-state index contributed by atoms with van der Waals surface area (Å²) in [5, 5.41) is 2.94. The van der Waals surface area contributed by atoms with Crippen molar-refractivity contribution in [1.82, 2.24) is 0 Å². The summed E-state index contributed by atoms with van der Waals surface area (Å²) < 4.78 is 24.8. The van der Waals surface area contributed by atoms with E-state index in [1.807, 2.05) is 24.4 Å². The van der Waals surface area contributed by atoms with Crippen molar-refractivity contribution in [2.45, 2.75) is 18.2 Å². The highest BCUT2D eigenvalue weighted by molar-refractivity contribution is 7.91. The highest BCUT2D eigenvalue weighted by Crippen LogP contribution is 2.28. The van der Waals surface area contributed by atoms with Gasteiger partial charge in [-0.25, -0.2) is 8.42 Å². The summed E-state index contributed by atoms with van der Waals surface area (Å²) in [5.41, 5.74) is 0. The Kier molecular flexibility index (Phi) is 2.80. The second kappa shape index (κ2) is 3.94. The van der Waals surface area contributed by atoms with Crippen molar-refractivity contribution >= 4 is 31.3 Å². The first kappa shape index (κ1) is 10.6. The average Bonchev–Trinajstić information content (AvgIpc) is 2.64. The fourth-order valence-corrected chi connectivity index (χ4v) is 4.37. The molecule has 0 fully saturated rings. The first-order chi connectivity index (χ1) is 7.15. The molecule has 0 aliphatic rings. The Bertz CT molecular complexity index is 567. The molecular weight excluding hydrogens is 228 g/mol. The van der Waals surface area contributed by atoms with Gasteiger partial charge in [0.2, 0.25) is 0 Å². The molecule has 2 rings (SSSR count). The second-order valence-corrected chi connectivity index (χ2v) is 6.41. The molecule has 2 aromatic rings. The lowest BCUT2D eigenvalue weighted by Gasteiger charge is -2.03. The fraction of sp³-hybridized carbons (Fsp3) is 0.273. The first-order valence-corrected chi connectivity index (χ1v) is 7.37. The van der Waals surface area contributed by atoms with Gasteiger partial charge in [-0.3, -0.25) is 0 Å². The minimum absolute atomic E-state index is 0.226. The maximum Gasteiger partial charge on any atom is 0.179 e. The number of sulfone groups is 1. The van der Waals surface area contributed by atoms with Crippen LogP contribution in [-0.2, 0) is 9.84 Å². The molecule has 0 spiro atoms. The molecule has 0 bridgehead atoms. The summed E-state index contributed by atoms with van der Waals surface area (Å²) in [4.78, 5) is 0.483. The highest BCUT2D eigenvalue weighted by atomic mass is 32.2. The lowest BCUT2D eigenvalue weighted by Crippen LogP contribution is -2.05. The number of thiophene rings is 1. The number of fused-ring (bicyclic) bond motifs is 1. The minimum atomic E-state index is -3.10. The van der Waals surface area contributed by atoms with Gasteiger partial charge in [0.15, 0.2) is 9.84 Å². The van der Waals surface area contributed by atoms with Gasteiger partial charge in [-0.05, 0) is 29.3 Å². The van der Waals surface area contributed by atoms with Gasteiger partial charge in [0, 0.05) is 0 Å². The van der Waals surface area contributed by atoms with Crippen LogP contribution in [0.25, 0.3) is 10.1 Å². The quantitative estimate of drug-likeness (QED) is 0.826. The Hall–Kier alpha value is -0.870. The molecule has 0 aliphatic carbocycles. The molecule has 80 valence electrons. The van der Waals surface area contributed by atoms with Crippen molar-refractivity contribution in [2.75, 3.05) is 5.75 Å². The maximum atomic E-state index is 12.0. The van der Waals surface area contributed by atoms with Crippen LogP contribution in [0.3, 0.4) is 0 Å². The number of hydrogen-bond donors (Lipinski definition) is 0. The molecule has 0 atom stereocenters. The van der Waals surface area contributed by atoms with Gasteiger partial charge in [0.1, 0.15) is 0 Å². The van der Waals surface area contributed by atoms with Crippen LogP contribution >= 0.6 is 11.3 Å². The predicted molar refractivity (Wildman–Crippen MR) is 64.2 cm³/mol. The van der Waals surface area contributed by atoms with Crippen LogP contribution < -0.4 is 0 Å². The second-order valence-electron chi connectivity index (χ2n) is 3.41. The van der Waals surface area contributed by atoms with E-state index in [-0.39, 0.29) is 5.75 Å². The molecular formula is C11H12O2S2. The van der Waals surface area contributed by atoms with E-state index in [4.69, 9.17) is 0 Å². The fourth-order valence-electron chi connectivity index (χ4n) is 1.59. The molecule has 1 heterocycles. The van der Waals surface area contributed by atoms with Crippen LogP contribution in [0, 0.1) is 0 Å². The van der Waals surface area contributed by atoms with Gasteiger partial charge in [-0.1, -0.05) is 19.1 Å². The zero-order chi connectivity index (χ0) is 10.9. The van der Waals surface area contributed by atoms with Gasteiger partial charge in [-0.2, -0.15) is 0 Å². The van der Waals surface area contributed by atoms with Crippen molar-refractivity contribution in [3.63, 3.8) is 0 Å². The molecule has 0 radical (unpaired) electrons. The van der Waals surface area contributed by atoms with Crippen LogP contribution in [-0.4, -0.2) is 14.2 Å². The zero-order valence-corrected chi connectivity index (χ0v) is 10.1.